The molecule has 184 valence electrons. The number of aromatic nitrogens is 2. The lowest BCUT2D eigenvalue weighted by Gasteiger charge is -2.41. The summed E-state index contributed by atoms with van der Waals surface area (Å²) >= 11 is 7.98. The van der Waals surface area contributed by atoms with Gasteiger partial charge in [0.25, 0.3) is 0 Å². The molecule has 0 amide bonds. The molecule has 3 fully saturated rings. The summed E-state index contributed by atoms with van der Waals surface area (Å²) in [5, 5.41) is 1.06. The first-order valence-corrected chi connectivity index (χ1v) is 14.8. The lowest BCUT2D eigenvalue weighted by atomic mass is 9.73. The van der Waals surface area contributed by atoms with Gasteiger partial charge >= 0.3 is 0 Å². The number of hydrogen-bond acceptors (Lipinski definition) is 9. The van der Waals surface area contributed by atoms with Gasteiger partial charge in [-0.1, -0.05) is 29.4 Å². The third-order valence-corrected chi connectivity index (χ3v) is 11.2. The molecule has 1 aromatic carbocycles. The van der Waals surface area contributed by atoms with E-state index in [2.05, 4.69) is 26.2 Å². The van der Waals surface area contributed by atoms with E-state index in [1.54, 1.807) is 12.3 Å². The van der Waals surface area contributed by atoms with Crippen LogP contribution in [0.25, 0.3) is 0 Å². The van der Waals surface area contributed by atoms with E-state index in [1.807, 2.05) is 12.1 Å². The van der Waals surface area contributed by atoms with Gasteiger partial charge < -0.3 is 21.1 Å². The molecule has 2 aromatic rings. The fourth-order valence-corrected chi connectivity index (χ4v) is 8.39. The summed E-state index contributed by atoms with van der Waals surface area (Å²) in [6, 6.07) is 5.63. The number of benzene rings is 1. The second-order valence-electron chi connectivity index (χ2n) is 9.48. The van der Waals surface area contributed by atoms with E-state index >= 15 is 0 Å². The smallest absolute Gasteiger partial charge is 0.158 e. The van der Waals surface area contributed by atoms with Crippen LogP contribution in [0.4, 0.5) is 17.3 Å². The zero-order valence-corrected chi connectivity index (χ0v) is 21.7. The Morgan fingerprint density at radius 2 is 2.03 bits per heavy atom. The minimum Gasteiger partial charge on any atom is -0.381 e. The molecule has 5 rings (SSSR count). The Kier molecular flexibility index (Phi) is 6.71. The molecule has 0 unspecified atom stereocenters. The number of anilines is 2. The Bertz CT molecular complexity index is 1180. The summed E-state index contributed by atoms with van der Waals surface area (Å²) in [6.45, 7) is 4.48. The monoisotopic (exact) mass is 522 g/mol. The molecule has 3 saturated heterocycles. The molecule has 0 saturated carbocycles. The zero-order chi connectivity index (χ0) is 23.9. The van der Waals surface area contributed by atoms with E-state index in [4.69, 9.17) is 27.8 Å². The van der Waals surface area contributed by atoms with Gasteiger partial charge in [0.05, 0.1) is 39.3 Å². The Morgan fingerprint density at radius 3 is 2.68 bits per heavy atom. The molecule has 4 heterocycles. The van der Waals surface area contributed by atoms with Crippen molar-refractivity contribution in [3.63, 3.8) is 0 Å². The third-order valence-electron chi connectivity index (χ3n) is 7.27. The van der Waals surface area contributed by atoms with Crippen molar-refractivity contribution in [2.45, 2.75) is 54.7 Å². The maximum Gasteiger partial charge on any atom is 0.158 e. The van der Waals surface area contributed by atoms with Crippen molar-refractivity contribution >= 4 is 50.4 Å². The topological polar surface area (TPSA) is 120 Å². The molecule has 1 aromatic heterocycles. The van der Waals surface area contributed by atoms with Gasteiger partial charge in [0.15, 0.2) is 5.82 Å². The third kappa shape index (κ3) is 4.63. The molecule has 3 aliphatic heterocycles. The normalized spacial score (nSPS) is 25.7. The van der Waals surface area contributed by atoms with Crippen molar-refractivity contribution in [1.29, 1.82) is 0 Å². The van der Waals surface area contributed by atoms with E-state index in [-0.39, 0.29) is 17.6 Å². The van der Waals surface area contributed by atoms with Gasteiger partial charge in [-0.15, -0.1) is 0 Å². The first-order chi connectivity index (χ1) is 16.3. The maximum absolute atomic E-state index is 12.8. The zero-order valence-electron chi connectivity index (χ0n) is 19.3. The van der Waals surface area contributed by atoms with Crippen LogP contribution in [-0.4, -0.2) is 57.5 Å². The Labute approximate surface area is 210 Å². The first-order valence-electron chi connectivity index (χ1n) is 11.7. The highest BCUT2D eigenvalue weighted by Crippen LogP contribution is 2.43. The average molecular weight is 523 g/mol. The van der Waals surface area contributed by atoms with E-state index in [1.165, 1.54) is 11.8 Å². The number of piperidine rings is 1. The highest BCUT2D eigenvalue weighted by atomic mass is 35.5. The van der Waals surface area contributed by atoms with Crippen molar-refractivity contribution in [2.24, 2.45) is 15.5 Å². The fraction of sp³-hybridized carbons (Fsp3) is 0.565. The van der Waals surface area contributed by atoms with Crippen LogP contribution in [-0.2, 0) is 14.5 Å². The minimum absolute atomic E-state index is 0.0559. The number of nitrogens with two attached hydrogens (primary N) is 2. The number of halogens is 1. The lowest BCUT2D eigenvalue weighted by Crippen LogP contribution is -2.50. The average Bonchev–Trinajstić information content (AvgIpc) is 3.37. The maximum atomic E-state index is 12.8. The number of rotatable bonds is 4. The number of nitrogen functional groups attached to an aromatic ring is 1. The molecule has 11 heteroatoms. The number of nitrogens with zero attached hydrogens (tertiary/aromatic N) is 4. The number of ether oxygens (including phenoxy) is 1. The summed E-state index contributed by atoms with van der Waals surface area (Å²) in [6.07, 6.45) is 5.70. The van der Waals surface area contributed by atoms with Crippen molar-refractivity contribution in [3.05, 3.63) is 29.4 Å². The van der Waals surface area contributed by atoms with E-state index < -0.39 is 9.73 Å². The summed E-state index contributed by atoms with van der Waals surface area (Å²) in [5.74, 6) is 2.40. The van der Waals surface area contributed by atoms with Crippen molar-refractivity contribution < 1.29 is 8.95 Å². The van der Waals surface area contributed by atoms with Gasteiger partial charge in [-0.25, -0.2) is 14.2 Å². The molecule has 0 radical (unpaired) electrons. The van der Waals surface area contributed by atoms with Crippen LogP contribution in [0, 0.1) is 5.41 Å². The molecule has 3 aliphatic rings. The van der Waals surface area contributed by atoms with Crippen molar-refractivity contribution in [1.82, 2.24) is 9.97 Å². The highest BCUT2D eigenvalue weighted by Gasteiger charge is 2.47. The fourth-order valence-electron chi connectivity index (χ4n) is 5.05. The molecule has 2 atom stereocenters. The molecule has 4 N–H and O–H groups in total. The molecule has 0 bridgehead atoms. The summed E-state index contributed by atoms with van der Waals surface area (Å²) in [5.41, 5.74) is 13.4. The largest absolute Gasteiger partial charge is 0.381 e. The van der Waals surface area contributed by atoms with Gasteiger partial charge in [-0.05, 0) is 44.7 Å². The Hall–Kier alpha value is -1.59. The second-order valence-corrected chi connectivity index (χ2v) is 13.4. The predicted octanol–water partition coefficient (Wildman–Crippen LogP) is 4.09. The van der Waals surface area contributed by atoms with Gasteiger partial charge in [0.1, 0.15) is 10.8 Å². The predicted molar refractivity (Wildman–Crippen MR) is 138 cm³/mol. The summed E-state index contributed by atoms with van der Waals surface area (Å²) in [4.78, 5) is 12.2. The van der Waals surface area contributed by atoms with Crippen LogP contribution in [0.1, 0.15) is 32.6 Å². The molecule has 0 aliphatic carbocycles. The van der Waals surface area contributed by atoms with Crippen molar-refractivity contribution in [2.75, 3.05) is 41.8 Å². The van der Waals surface area contributed by atoms with E-state index in [9.17, 15) is 4.21 Å². The van der Waals surface area contributed by atoms with Gasteiger partial charge in [-0.2, -0.15) is 4.36 Å². The van der Waals surface area contributed by atoms with Gasteiger partial charge in [-0.3, -0.25) is 0 Å². The number of hydrogen-bond donors (Lipinski definition) is 2. The standard InChI is InChI=1S/C23H31ClN6O2S2/c1-15-20(25)23(14-32-15)7-9-30(10-8-23)18-13-27-22(21(26)28-18)33-17-6-4-5-16(19(17)24)29-34(31)11-2-3-12-34/h4-6,13,15,20H,2-3,7-12,14,25H2,1H3,(H2,26,28)/t15-,20+/m0/s1. The first kappa shape index (κ1) is 24.1. The Balaban J connectivity index is 1.30. The van der Waals surface area contributed by atoms with Crippen LogP contribution in [0.2, 0.25) is 5.02 Å². The van der Waals surface area contributed by atoms with Gasteiger partial charge in [0.2, 0.25) is 0 Å². The Morgan fingerprint density at radius 1 is 1.29 bits per heavy atom. The second kappa shape index (κ2) is 9.46. The van der Waals surface area contributed by atoms with Crippen molar-refractivity contribution in [3.8, 4) is 0 Å². The molecule has 34 heavy (non-hydrogen) atoms. The van der Waals surface area contributed by atoms with Crippen LogP contribution in [0.5, 0.6) is 0 Å². The lowest BCUT2D eigenvalue weighted by molar-refractivity contribution is 0.0974. The van der Waals surface area contributed by atoms with Gasteiger partial charge in [0, 0.05) is 40.9 Å². The van der Waals surface area contributed by atoms with Crippen LogP contribution >= 0.6 is 23.4 Å². The van der Waals surface area contributed by atoms with Crippen LogP contribution in [0.15, 0.2) is 38.7 Å². The van der Waals surface area contributed by atoms with E-state index in [0.29, 0.717) is 33.1 Å². The summed E-state index contributed by atoms with van der Waals surface area (Å²) in [7, 11) is -2.20. The SMILES string of the molecule is C[C@@H]1OCC2(CCN(c3cnc(Sc4cccc(N=S5(=O)CCCC5)c4Cl)c(N)n3)CC2)[C@@H]1N. The molecule has 8 nitrogen and oxygen atoms in total. The highest BCUT2D eigenvalue weighted by molar-refractivity contribution is 7.99. The minimum atomic E-state index is -2.20. The summed E-state index contributed by atoms with van der Waals surface area (Å²) < 4.78 is 23.2. The van der Waals surface area contributed by atoms with E-state index in [0.717, 1.165) is 56.1 Å². The van der Waals surface area contributed by atoms with Crippen LogP contribution < -0.4 is 16.4 Å². The molecular formula is C23H31ClN6O2S2. The molecule has 1 spiro atoms. The van der Waals surface area contributed by atoms with Crippen LogP contribution in [0.3, 0.4) is 0 Å². The molecular weight excluding hydrogens is 492 g/mol. The quantitative estimate of drug-likeness (QED) is 0.616.